The first-order chi connectivity index (χ1) is 4.58. The Bertz CT molecular complexity index is 183. The maximum Gasteiger partial charge on any atom is 0.0456 e. The van der Waals surface area contributed by atoms with Gasteiger partial charge in [0.2, 0.25) is 0 Å². The Balaban J connectivity index is -0.000000333. The van der Waals surface area contributed by atoms with Crippen LogP contribution in [-0.4, -0.2) is 8.07 Å². The first-order valence-electron chi connectivity index (χ1n) is 3.84. The average molecular weight is 401 g/mol. The monoisotopic (exact) mass is 401 g/mol. The van der Waals surface area contributed by atoms with Crippen molar-refractivity contribution >= 4 is 8.07 Å². The molecule has 0 unspecified atom stereocenters. The summed E-state index contributed by atoms with van der Waals surface area (Å²) >= 11 is 0. The molecule has 0 amide bonds. The van der Waals surface area contributed by atoms with Crippen molar-refractivity contribution in [2.75, 3.05) is 0 Å². The number of hydrogen-bond acceptors (Lipinski definition) is 0. The third-order valence-electron chi connectivity index (χ3n) is 1.49. The van der Waals surface area contributed by atoms with E-state index < -0.39 is 8.07 Å². The van der Waals surface area contributed by atoms with Crippen molar-refractivity contribution in [2.24, 2.45) is 0 Å². The van der Waals surface area contributed by atoms with E-state index in [2.05, 4.69) is 37.9 Å². The van der Waals surface area contributed by atoms with Crippen LogP contribution in [0.5, 0.6) is 0 Å². The van der Waals surface area contributed by atoms with E-state index in [-0.39, 0.29) is 50.7 Å². The van der Waals surface area contributed by atoms with Gasteiger partial charge in [0.15, 0.2) is 0 Å². The zero-order valence-corrected chi connectivity index (χ0v) is 14.4. The summed E-state index contributed by atoms with van der Waals surface area (Å²) in [6.07, 6.45) is 8.81. The molecule has 0 aliphatic heterocycles. The Kier molecular flexibility index (Phi) is 12.8. The maximum atomic E-state index is 3.35. The van der Waals surface area contributed by atoms with E-state index in [0.717, 1.165) is 6.42 Å². The van der Waals surface area contributed by atoms with Crippen LogP contribution < -0.4 is 24.8 Å². The summed E-state index contributed by atoms with van der Waals surface area (Å²) in [7, 11) is -0.873. The molecule has 0 atom stereocenters. The summed E-state index contributed by atoms with van der Waals surface area (Å²) in [4.78, 5) is 0. The van der Waals surface area contributed by atoms with Gasteiger partial charge in [-0.05, 0) is 0 Å². The summed E-state index contributed by atoms with van der Waals surface area (Å²) in [6, 6.07) is 1.30. The second-order valence-corrected chi connectivity index (χ2v) is 9.52. The molecule has 0 heterocycles. The Hall–Kier alpha value is 1.15. The first kappa shape index (κ1) is 19.7. The number of halogens is 2. The topological polar surface area (TPSA) is 0 Å². The predicted octanol–water partition coefficient (Wildman–Crippen LogP) is -2.98. The van der Waals surface area contributed by atoms with Crippen LogP contribution in [-0.2, 0) is 25.8 Å². The normalized spacial score (nSPS) is 13.6. The molecule has 13 heavy (non-hydrogen) atoms. The molecule has 0 radical (unpaired) electrons. The van der Waals surface area contributed by atoms with Crippen molar-refractivity contribution in [3.05, 3.63) is 23.8 Å². The molecule has 0 N–H and O–H groups in total. The van der Waals surface area contributed by atoms with Crippen LogP contribution in [0.15, 0.2) is 17.7 Å². The van der Waals surface area contributed by atoms with Crippen LogP contribution in [0.25, 0.3) is 0 Å². The fourth-order valence-corrected chi connectivity index (χ4v) is 2.53. The van der Waals surface area contributed by atoms with Crippen LogP contribution in [0.1, 0.15) is 6.42 Å². The van der Waals surface area contributed by atoms with E-state index in [0.29, 0.717) is 0 Å². The Labute approximate surface area is 114 Å². The third kappa shape index (κ3) is 9.45. The zero-order valence-electron chi connectivity index (χ0n) is 8.32. The van der Waals surface area contributed by atoms with E-state index in [1.54, 1.807) is 0 Å². The summed E-state index contributed by atoms with van der Waals surface area (Å²) in [5.41, 5.74) is 1.44. The molecule has 1 aliphatic carbocycles. The van der Waals surface area contributed by atoms with Gasteiger partial charge < -0.3 is 24.8 Å². The van der Waals surface area contributed by atoms with Gasteiger partial charge in [0, 0.05) is 33.9 Å². The minimum absolute atomic E-state index is 0. The number of allylic oxidation sites excluding steroid dienone is 4. The molecule has 0 saturated heterocycles. The van der Waals surface area contributed by atoms with E-state index in [1.807, 2.05) is 0 Å². The van der Waals surface area contributed by atoms with Crippen LogP contribution in [0.4, 0.5) is 0 Å². The van der Waals surface area contributed by atoms with Gasteiger partial charge in [-0.1, -0.05) is 25.7 Å². The van der Waals surface area contributed by atoms with Crippen molar-refractivity contribution in [2.45, 2.75) is 32.1 Å². The molecule has 0 bridgehead atoms. The van der Waals surface area contributed by atoms with E-state index >= 15 is 0 Å². The molecule has 0 saturated carbocycles. The molecule has 0 nitrogen and oxygen atoms in total. The molecule has 0 aromatic carbocycles. The number of rotatable bonds is 2. The fourth-order valence-electron chi connectivity index (χ4n) is 1.14. The van der Waals surface area contributed by atoms with E-state index in [9.17, 15) is 0 Å². The predicted molar refractivity (Wildman–Crippen MR) is 48.7 cm³/mol. The molecular formula is C9H15Cl2HfSi-3. The standard InChI is InChI=1S/C9H15Si.2ClH.Hf/c1-10(2,3)8-9-6-4-5-7-9;;;/h4,6H,5,8H2,1-3H3;2*1H;/q-1;;;/p-2. The Morgan fingerprint density at radius 2 is 1.85 bits per heavy atom. The minimum Gasteiger partial charge on any atom is -1.00 e. The van der Waals surface area contributed by atoms with Crippen LogP contribution >= 0.6 is 0 Å². The van der Waals surface area contributed by atoms with E-state index in [1.165, 1.54) is 11.6 Å². The van der Waals surface area contributed by atoms with Crippen molar-refractivity contribution in [3.63, 3.8) is 0 Å². The van der Waals surface area contributed by atoms with Gasteiger partial charge in [0.1, 0.15) is 0 Å². The maximum absolute atomic E-state index is 3.35. The average Bonchev–Trinajstić information content (AvgIpc) is 2.12. The largest absolute Gasteiger partial charge is 1.00 e. The zero-order chi connectivity index (χ0) is 7.61. The molecule has 4 heteroatoms. The van der Waals surface area contributed by atoms with Gasteiger partial charge in [-0.15, -0.1) is 6.42 Å². The summed E-state index contributed by atoms with van der Waals surface area (Å²) < 4.78 is 0. The third-order valence-corrected chi connectivity index (χ3v) is 2.93. The molecule has 0 aromatic heterocycles. The SMILES string of the molecule is C[Si](C)(C)CC1=[C-]CC=C1.[Cl-].[Cl-].[Hf]. The molecule has 1 rings (SSSR count). The Morgan fingerprint density at radius 3 is 2.15 bits per heavy atom. The van der Waals surface area contributed by atoms with E-state index in [4.69, 9.17) is 0 Å². The van der Waals surface area contributed by atoms with Crippen molar-refractivity contribution < 1.29 is 50.7 Å². The second-order valence-electron chi connectivity index (χ2n) is 4.05. The molecule has 76 valence electrons. The first-order valence-corrected chi connectivity index (χ1v) is 7.55. The number of hydrogen-bond donors (Lipinski definition) is 0. The molecule has 1 aliphatic rings. The van der Waals surface area contributed by atoms with Gasteiger partial charge in [0.05, 0.1) is 0 Å². The Morgan fingerprint density at radius 1 is 1.31 bits per heavy atom. The summed E-state index contributed by atoms with van der Waals surface area (Å²) in [6.45, 7) is 7.19. The fraction of sp³-hybridized carbons (Fsp3) is 0.556. The van der Waals surface area contributed by atoms with Crippen LogP contribution in [0, 0.1) is 6.08 Å². The minimum atomic E-state index is -0.873. The van der Waals surface area contributed by atoms with Crippen molar-refractivity contribution in [1.82, 2.24) is 0 Å². The molecular weight excluding hydrogens is 386 g/mol. The van der Waals surface area contributed by atoms with Crippen LogP contribution in [0.2, 0.25) is 25.7 Å². The second kappa shape index (κ2) is 8.45. The summed E-state index contributed by atoms with van der Waals surface area (Å²) in [5.74, 6) is 0. The molecule has 0 aromatic rings. The smallest absolute Gasteiger partial charge is 0.0456 e. The van der Waals surface area contributed by atoms with Gasteiger partial charge in [-0.2, -0.15) is 6.08 Å². The van der Waals surface area contributed by atoms with Crippen LogP contribution in [0.3, 0.4) is 0 Å². The van der Waals surface area contributed by atoms with Gasteiger partial charge in [-0.3, -0.25) is 6.08 Å². The molecule has 0 fully saturated rings. The van der Waals surface area contributed by atoms with Gasteiger partial charge in [-0.25, -0.2) is 11.6 Å². The van der Waals surface area contributed by atoms with Gasteiger partial charge >= 0.3 is 0 Å². The van der Waals surface area contributed by atoms with Crippen molar-refractivity contribution in [3.8, 4) is 0 Å². The molecule has 0 spiro atoms. The van der Waals surface area contributed by atoms with Crippen molar-refractivity contribution in [1.29, 1.82) is 0 Å². The summed E-state index contributed by atoms with van der Waals surface area (Å²) in [5, 5.41) is 0. The van der Waals surface area contributed by atoms with Gasteiger partial charge in [0.25, 0.3) is 0 Å². The quantitative estimate of drug-likeness (QED) is 0.343.